The molecule has 0 aliphatic heterocycles. The Hall–Kier alpha value is -2.47. The van der Waals surface area contributed by atoms with Crippen molar-refractivity contribution < 1.29 is 14.6 Å². The van der Waals surface area contributed by atoms with Crippen LogP contribution in [0.2, 0.25) is 0 Å². The van der Waals surface area contributed by atoms with E-state index in [1.165, 1.54) is 10.8 Å². The van der Waals surface area contributed by atoms with Gasteiger partial charge in [-0.3, -0.25) is 9.36 Å². The maximum Gasteiger partial charge on any atom is 0.345 e. The van der Waals surface area contributed by atoms with E-state index in [4.69, 9.17) is 4.74 Å². The molecular weight excluding hydrogens is 284 g/mol. The molecule has 0 bridgehead atoms. The lowest BCUT2D eigenvalue weighted by molar-refractivity contribution is 0.0522. The van der Waals surface area contributed by atoms with E-state index < -0.39 is 11.5 Å². The topological polar surface area (TPSA) is 81.4 Å². The number of nitrogens with zero attached hydrogens (tertiary/aromatic N) is 2. The first kappa shape index (κ1) is 15.9. The van der Waals surface area contributed by atoms with Crippen LogP contribution < -0.4 is 5.56 Å². The molecule has 0 aliphatic carbocycles. The summed E-state index contributed by atoms with van der Waals surface area (Å²) in [5, 5.41) is 9.21. The Morgan fingerprint density at radius 2 is 2.09 bits per heavy atom. The number of aliphatic hydroxyl groups is 1. The molecule has 0 spiro atoms. The predicted octanol–water partition coefficient (Wildman–Crippen LogP) is 1.39. The number of aliphatic hydroxyl groups excluding tert-OH is 1. The summed E-state index contributed by atoms with van der Waals surface area (Å²) < 4.78 is 6.16. The first-order valence-corrected chi connectivity index (χ1v) is 7.04. The van der Waals surface area contributed by atoms with Crippen molar-refractivity contribution in [2.75, 3.05) is 13.2 Å². The highest BCUT2D eigenvalue weighted by atomic mass is 16.5. The van der Waals surface area contributed by atoms with Gasteiger partial charge >= 0.3 is 5.97 Å². The number of carbonyl (C=O) groups is 1. The maximum atomic E-state index is 12.5. The fourth-order valence-corrected chi connectivity index (χ4v) is 2.19. The van der Waals surface area contributed by atoms with Gasteiger partial charge in [-0.1, -0.05) is 24.3 Å². The molecule has 1 heterocycles. The Morgan fingerprint density at radius 1 is 1.36 bits per heavy atom. The summed E-state index contributed by atoms with van der Waals surface area (Å²) in [7, 11) is 0. The Kier molecular flexibility index (Phi) is 5.06. The molecule has 0 aliphatic rings. The van der Waals surface area contributed by atoms with Crippen molar-refractivity contribution in [3.05, 3.63) is 51.9 Å². The van der Waals surface area contributed by atoms with Crippen LogP contribution in [0.5, 0.6) is 0 Å². The van der Waals surface area contributed by atoms with Crippen LogP contribution in [0.3, 0.4) is 0 Å². The second-order valence-corrected chi connectivity index (χ2v) is 4.71. The molecule has 2 rings (SSSR count). The number of esters is 1. The highest BCUT2D eigenvalue weighted by Crippen LogP contribution is 2.20. The van der Waals surface area contributed by atoms with E-state index in [0.717, 1.165) is 11.1 Å². The zero-order valence-electron chi connectivity index (χ0n) is 12.6. The van der Waals surface area contributed by atoms with Gasteiger partial charge in [0.05, 0.1) is 19.8 Å². The highest BCUT2D eigenvalue weighted by molar-refractivity contribution is 5.88. The summed E-state index contributed by atoms with van der Waals surface area (Å²) in [5.41, 5.74) is 1.09. The van der Waals surface area contributed by atoms with Crippen LogP contribution in [0, 0.1) is 6.92 Å². The summed E-state index contributed by atoms with van der Waals surface area (Å²) in [6.07, 6.45) is 1.23. The quantitative estimate of drug-likeness (QED) is 0.844. The Balaban J connectivity index is 2.62. The lowest BCUT2D eigenvalue weighted by atomic mass is 10.1. The second-order valence-electron chi connectivity index (χ2n) is 4.71. The van der Waals surface area contributed by atoms with E-state index in [0.29, 0.717) is 5.82 Å². The normalized spacial score (nSPS) is 10.5. The smallest absolute Gasteiger partial charge is 0.345 e. The van der Waals surface area contributed by atoms with Crippen molar-refractivity contribution in [1.82, 2.24) is 9.55 Å². The third-order valence-electron chi connectivity index (χ3n) is 3.25. The van der Waals surface area contributed by atoms with Gasteiger partial charge in [0.1, 0.15) is 11.4 Å². The first-order chi connectivity index (χ1) is 10.6. The van der Waals surface area contributed by atoms with E-state index >= 15 is 0 Å². The summed E-state index contributed by atoms with van der Waals surface area (Å²) in [6, 6.07) is 7.48. The third kappa shape index (κ3) is 3.07. The molecule has 0 atom stereocenters. The lowest BCUT2D eigenvalue weighted by Crippen LogP contribution is -2.30. The number of ether oxygens (including phenoxy) is 1. The highest BCUT2D eigenvalue weighted by Gasteiger charge is 2.18. The molecule has 6 nitrogen and oxygen atoms in total. The number of carbonyl (C=O) groups excluding carboxylic acids is 1. The minimum Gasteiger partial charge on any atom is -0.462 e. The minimum absolute atomic E-state index is 0.0583. The molecule has 0 radical (unpaired) electrons. The van der Waals surface area contributed by atoms with Gasteiger partial charge in [-0.05, 0) is 19.4 Å². The van der Waals surface area contributed by atoms with Crippen LogP contribution >= 0.6 is 0 Å². The van der Waals surface area contributed by atoms with Crippen molar-refractivity contribution in [2.45, 2.75) is 20.4 Å². The fourth-order valence-electron chi connectivity index (χ4n) is 2.19. The van der Waals surface area contributed by atoms with Crippen LogP contribution in [0.4, 0.5) is 0 Å². The molecule has 0 saturated carbocycles. The Labute approximate surface area is 128 Å². The monoisotopic (exact) mass is 302 g/mol. The molecule has 6 heteroatoms. The SMILES string of the molecule is CCOC(=O)c1cnc(-c2ccccc2C)n(CCO)c1=O. The summed E-state index contributed by atoms with van der Waals surface area (Å²) in [6.45, 7) is 3.58. The van der Waals surface area contributed by atoms with Crippen LogP contribution in [-0.4, -0.2) is 33.8 Å². The van der Waals surface area contributed by atoms with Crippen molar-refractivity contribution in [1.29, 1.82) is 0 Å². The van der Waals surface area contributed by atoms with E-state index in [1.54, 1.807) is 6.92 Å². The molecule has 0 amide bonds. The van der Waals surface area contributed by atoms with E-state index in [1.807, 2.05) is 31.2 Å². The minimum atomic E-state index is -0.706. The number of benzene rings is 1. The summed E-state index contributed by atoms with van der Waals surface area (Å²) in [5.74, 6) is -0.284. The van der Waals surface area contributed by atoms with E-state index in [9.17, 15) is 14.7 Å². The number of rotatable bonds is 5. The first-order valence-electron chi connectivity index (χ1n) is 7.04. The number of hydrogen-bond acceptors (Lipinski definition) is 5. The molecule has 0 fully saturated rings. The van der Waals surface area contributed by atoms with Gasteiger partial charge in [0.25, 0.3) is 5.56 Å². The standard InChI is InChI=1S/C16H18N2O4/c1-3-22-16(21)13-10-17-14(18(8-9-19)15(13)20)12-7-5-4-6-11(12)2/h4-7,10,19H,3,8-9H2,1-2H3. The Bertz CT molecular complexity index is 737. The van der Waals surface area contributed by atoms with Gasteiger partial charge in [-0.25, -0.2) is 9.78 Å². The van der Waals surface area contributed by atoms with E-state index in [-0.39, 0.29) is 25.3 Å². The van der Waals surface area contributed by atoms with Gasteiger partial charge in [0, 0.05) is 11.8 Å². The van der Waals surface area contributed by atoms with Crippen LogP contribution in [0.15, 0.2) is 35.3 Å². The number of hydrogen-bond donors (Lipinski definition) is 1. The molecule has 1 aromatic carbocycles. The lowest BCUT2D eigenvalue weighted by Gasteiger charge is -2.13. The van der Waals surface area contributed by atoms with E-state index in [2.05, 4.69) is 4.98 Å². The molecular formula is C16H18N2O4. The van der Waals surface area contributed by atoms with Crippen LogP contribution in [0.1, 0.15) is 22.8 Å². The number of aromatic nitrogens is 2. The third-order valence-corrected chi connectivity index (χ3v) is 3.25. The van der Waals surface area contributed by atoms with Crippen molar-refractivity contribution in [3.8, 4) is 11.4 Å². The van der Waals surface area contributed by atoms with Crippen LogP contribution in [-0.2, 0) is 11.3 Å². The van der Waals surface area contributed by atoms with Crippen molar-refractivity contribution in [2.24, 2.45) is 0 Å². The second kappa shape index (κ2) is 7.00. The largest absolute Gasteiger partial charge is 0.462 e. The van der Waals surface area contributed by atoms with Crippen molar-refractivity contribution in [3.63, 3.8) is 0 Å². The molecule has 0 saturated heterocycles. The summed E-state index contributed by atoms with van der Waals surface area (Å²) >= 11 is 0. The van der Waals surface area contributed by atoms with Gasteiger partial charge in [0.2, 0.25) is 0 Å². The zero-order valence-corrected chi connectivity index (χ0v) is 12.6. The average molecular weight is 302 g/mol. The molecule has 1 aromatic heterocycles. The molecule has 2 aromatic rings. The average Bonchev–Trinajstić information content (AvgIpc) is 2.50. The van der Waals surface area contributed by atoms with Gasteiger partial charge in [-0.2, -0.15) is 0 Å². The zero-order chi connectivity index (χ0) is 16.1. The fraction of sp³-hybridized carbons (Fsp3) is 0.312. The molecule has 116 valence electrons. The Morgan fingerprint density at radius 3 is 2.73 bits per heavy atom. The molecule has 0 unspecified atom stereocenters. The van der Waals surface area contributed by atoms with Crippen molar-refractivity contribution >= 4 is 5.97 Å². The summed E-state index contributed by atoms with van der Waals surface area (Å²) in [4.78, 5) is 28.5. The van der Waals surface area contributed by atoms with Gasteiger partial charge in [-0.15, -0.1) is 0 Å². The molecule has 22 heavy (non-hydrogen) atoms. The maximum absolute atomic E-state index is 12.5. The molecule has 1 N–H and O–H groups in total. The predicted molar refractivity (Wildman–Crippen MR) is 81.7 cm³/mol. The van der Waals surface area contributed by atoms with Gasteiger partial charge < -0.3 is 9.84 Å². The van der Waals surface area contributed by atoms with Gasteiger partial charge in [0.15, 0.2) is 0 Å². The van der Waals surface area contributed by atoms with Crippen LogP contribution in [0.25, 0.3) is 11.4 Å². The number of aryl methyl sites for hydroxylation is 1.